The number of hydrazine groups is 1. The Balaban J connectivity index is 2.06. The van der Waals surface area contributed by atoms with Crippen LogP contribution in [-0.2, 0) is 6.42 Å². The van der Waals surface area contributed by atoms with Gasteiger partial charge in [-0.15, -0.1) is 11.3 Å². The van der Waals surface area contributed by atoms with E-state index in [-0.39, 0.29) is 17.7 Å². The fourth-order valence-corrected chi connectivity index (χ4v) is 3.54. The van der Waals surface area contributed by atoms with Gasteiger partial charge in [-0.05, 0) is 30.4 Å². The predicted molar refractivity (Wildman–Crippen MR) is 80.3 cm³/mol. The van der Waals surface area contributed by atoms with Crippen LogP contribution in [0.15, 0.2) is 17.6 Å². The molecule has 9 heteroatoms. The maximum Gasteiger partial charge on any atom is 0.329 e. The van der Waals surface area contributed by atoms with Gasteiger partial charge in [-0.3, -0.25) is 15.5 Å². The molecule has 2 aromatic heterocycles. The topological polar surface area (TPSA) is 110 Å². The van der Waals surface area contributed by atoms with E-state index in [2.05, 4.69) is 21.5 Å². The highest BCUT2D eigenvalue weighted by molar-refractivity contribution is 7.10. The minimum atomic E-state index is -0.467. The predicted octanol–water partition coefficient (Wildman–Crippen LogP) is 1.86. The first-order valence-electron chi connectivity index (χ1n) is 6.42. The van der Waals surface area contributed by atoms with Gasteiger partial charge in [-0.1, -0.05) is 0 Å². The molecule has 110 valence electrons. The average molecular weight is 306 g/mol. The number of aromatic nitrogens is 2. The van der Waals surface area contributed by atoms with Crippen molar-refractivity contribution in [2.45, 2.75) is 19.4 Å². The van der Waals surface area contributed by atoms with Crippen LogP contribution in [-0.4, -0.2) is 21.4 Å². The van der Waals surface area contributed by atoms with Crippen LogP contribution < -0.4 is 16.2 Å². The number of hydrogen-bond donors (Lipinski definition) is 2. The van der Waals surface area contributed by atoms with E-state index in [0.717, 1.165) is 6.42 Å². The largest absolute Gasteiger partial charge is 0.344 e. The Labute approximate surface area is 124 Å². The quantitative estimate of drug-likeness (QED) is 0.506. The van der Waals surface area contributed by atoms with Gasteiger partial charge < -0.3 is 4.90 Å². The van der Waals surface area contributed by atoms with E-state index in [1.807, 2.05) is 17.2 Å². The molecule has 0 radical (unpaired) electrons. The molecule has 1 aliphatic heterocycles. The fourth-order valence-electron chi connectivity index (χ4n) is 2.57. The summed E-state index contributed by atoms with van der Waals surface area (Å²) in [6.45, 7) is 2.70. The summed E-state index contributed by atoms with van der Waals surface area (Å²) in [6.07, 6.45) is 2.04. The van der Waals surface area contributed by atoms with E-state index in [1.54, 1.807) is 11.3 Å². The number of thiophene rings is 1. The van der Waals surface area contributed by atoms with Gasteiger partial charge in [0.15, 0.2) is 0 Å². The van der Waals surface area contributed by atoms with Crippen LogP contribution in [0.25, 0.3) is 0 Å². The molecule has 1 unspecified atom stereocenters. The molecule has 0 amide bonds. The van der Waals surface area contributed by atoms with E-state index in [9.17, 15) is 10.1 Å². The van der Waals surface area contributed by atoms with E-state index >= 15 is 0 Å². The molecule has 0 spiro atoms. The highest BCUT2D eigenvalue weighted by Crippen LogP contribution is 2.38. The number of anilines is 2. The van der Waals surface area contributed by atoms with Crippen molar-refractivity contribution in [1.82, 2.24) is 9.97 Å². The van der Waals surface area contributed by atoms with Crippen molar-refractivity contribution < 1.29 is 4.92 Å². The average Bonchev–Trinajstić information content (AvgIpc) is 2.96. The van der Waals surface area contributed by atoms with Gasteiger partial charge in [0.05, 0.1) is 11.0 Å². The second kappa shape index (κ2) is 5.26. The first kappa shape index (κ1) is 13.7. The van der Waals surface area contributed by atoms with Gasteiger partial charge in [0, 0.05) is 11.4 Å². The van der Waals surface area contributed by atoms with Crippen molar-refractivity contribution in [3.63, 3.8) is 0 Å². The SMILES string of the molecule is CC1c2ccsc2CCN1c1nc(NN)ncc1[N+](=O)[O-]. The van der Waals surface area contributed by atoms with Crippen molar-refractivity contribution in [1.29, 1.82) is 0 Å². The minimum absolute atomic E-state index is 0.0271. The number of rotatable bonds is 3. The van der Waals surface area contributed by atoms with Gasteiger partial charge in [0.1, 0.15) is 6.20 Å². The molecule has 3 rings (SSSR count). The number of nitrogens with two attached hydrogens (primary N) is 1. The zero-order valence-electron chi connectivity index (χ0n) is 11.3. The molecule has 3 N–H and O–H groups in total. The maximum atomic E-state index is 11.2. The van der Waals surface area contributed by atoms with Crippen LogP contribution in [0.5, 0.6) is 0 Å². The molecule has 1 aliphatic rings. The second-order valence-corrected chi connectivity index (χ2v) is 5.72. The summed E-state index contributed by atoms with van der Waals surface area (Å²) in [5.41, 5.74) is 3.42. The smallest absolute Gasteiger partial charge is 0.329 e. The molecule has 0 saturated carbocycles. The van der Waals surface area contributed by atoms with Crippen molar-refractivity contribution in [2.75, 3.05) is 16.9 Å². The molecule has 3 heterocycles. The Bertz CT molecular complexity index is 688. The lowest BCUT2D eigenvalue weighted by Crippen LogP contribution is -2.34. The third-order valence-corrected chi connectivity index (χ3v) is 4.62. The van der Waals surface area contributed by atoms with Crippen LogP contribution in [0, 0.1) is 10.1 Å². The Morgan fingerprint density at radius 2 is 2.43 bits per heavy atom. The monoisotopic (exact) mass is 306 g/mol. The molecule has 2 aromatic rings. The van der Waals surface area contributed by atoms with Crippen LogP contribution in [0.4, 0.5) is 17.5 Å². The lowest BCUT2D eigenvalue weighted by Gasteiger charge is -2.34. The number of nitrogens with one attached hydrogen (secondary N) is 1. The van der Waals surface area contributed by atoms with Crippen molar-refractivity contribution in [2.24, 2.45) is 5.84 Å². The maximum absolute atomic E-state index is 11.2. The van der Waals surface area contributed by atoms with Crippen molar-refractivity contribution in [3.05, 3.63) is 38.2 Å². The Morgan fingerprint density at radius 3 is 3.14 bits per heavy atom. The standard InChI is InChI=1S/C12H14N6O2S/c1-7-8-3-5-21-10(8)2-4-17(7)11-9(18(19)20)6-14-12(15-11)16-13/h3,5-7H,2,4,13H2,1H3,(H,14,15,16). The zero-order valence-corrected chi connectivity index (χ0v) is 12.1. The van der Waals surface area contributed by atoms with E-state index in [0.29, 0.717) is 12.4 Å². The van der Waals surface area contributed by atoms with Gasteiger partial charge >= 0.3 is 5.69 Å². The minimum Gasteiger partial charge on any atom is -0.344 e. The van der Waals surface area contributed by atoms with Gasteiger partial charge in [0.25, 0.3) is 0 Å². The van der Waals surface area contributed by atoms with Crippen LogP contribution >= 0.6 is 11.3 Å². The van der Waals surface area contributed by atoms with Crippen LogP contribution in [0.3, 0.4) is 0 Å². The van der Waals surface area contributed by atoms with Gasteiger partial charge in [-0.25, -0.2) is 10.8 Å². The fraction of sp³-hybridized carbons (Fsp3) is 0.333. The van der Waals surface area contributed by atoms with E-state index in [1.165, 1.54) is 16.6 Å². The summed E-state index contributed by atoms with van der Waals surface area (Å²) in [5.74, 6) is 5.77. The van der Waals surface area contributed by atoms with Crippen molar-refractivity contribution >= 4 is 28.8 Å². The Kier molecular flexibility index (Phi) is 3.43. The molecular formula is C12H14N6O2S. The van der Waals surface area contributed by atoms with Crippen LogP contribution in [0.1, 0.15) is 23.4 Å². The molecule has 0 saturated heterocycles. The van der Waals surface area contributed by atoms with Gasteiger partial charge in [-0.2, -0.15) is 4.98 Å². The van der Waals surface area contributed by atoms with Gasteiger partial charge in [0.2, 0.25) is 11.8 Å². The Morgan fingerprint density at radius 1 is 1.62 bits per heavy atom. The third kappa shape index (κ3) is 2.30. The van der Waals surface area contributed by atoms with E-state index in [4.69, 9.17) is 5.84 Å². The molecular weight excluding hydrogens is 292 g/mol. The lowest BCUT2D eigenvalue weighted by molar-refractivity contribution is -0.384. The molecule has 0 fully saturated rings. The van der Waals surface area contributed by atoms with Crippen LogP contribution in [0.2, 0.25) is 0 Å². The molecule has 1 atom stereocenters. The summed E-state index contributed by atoms with van der Waals surface area (Å²) in [5, 5.41) is 13.3. The second-order valence-electron chi connectivity index (χ2n) is 4.72. The number of fused-ring (bicyclic) bond motifs is 1. The Hall–Kier alpha value is -2.26. The number of nitro groups is 1. The molecule has 21 heavy (non-hydrogen) atoms. The molecule has 0 aromatic carbocycles. The normalized spacial score (nSPS) is 17.4. The number of nitrogens with zero attached hydrogens (tertiary/aromatic N) is 4. The first-order valence-corrected chi connectivity index (χ1v) is 7.30. The number of nitrogen functional groups attached to an aromatic ring is 1. The summed E-state index contributed by atoms with van der Waals surface area (Å²) in [6, 6.07) is 2.09. The third-order valence-electron chi connectivity index (χ3n) is 3.63. The lowest BCUT2D eigenvalue weighted by atomic mass is 10.0. The highest BCUT2D eigenvalue weighted by atomic mass is 32.1. The van der Waals surface area contributed by atoms with E-state index < -0.39 is 4.92 Å². The molecule has 8 nitrogen and oxygen atoms in total. The molecule has 0 bridgehead atoms. The van der Waals surface area contributed by atoms with Crippen molar-refractivity contribution in [3.8, 4) is 0 Å². The zero-order chi connectivity index (χ0) is 15.0. The summed E-state index contributed by atoms with van der Waals surface area (Å²) >= 11 is 1.72. The summed E-state index contributed by atoms with van der Waals surface area (Å²) in [4.78, 5) is 22.0. The number of hydrogen-bond acceptors (Lipinski definition) is 8. The summed E-state index contributed by atoms with van der Waals surface area (Å²) in [7, 11) is 0. The highest BCUT2D eigenvalue weighted by Gasteiger charge is 2.31. The first-order chi connectivity index (χ1) is 10.1. The summed E-state index contributed by atoms with van der Waals surface area (Å²) < 4.78 is 0. The molecule has 0 aliphatic carbocycles.